The Morgan fingerprint density at radius 2 is 1.70 bits per heavy atom. The third-order valence-corrected chi connectivity index (χ3v) is 12.5. The monoisotopic (exact) mass is 970 g/mol. The number of H-pyrrole nitrogens is 1. The Kier molecular flexibility index (Phi) is 15.5. The van der Waals surface area contributed by atoms with Crippen molar-refractivity contribution in [3.63, 3.8) is 0 Å². The lowest BCUT2D eigenvalue weighted by molar-refractivity contribution is -0.144. The molecule has 8 N–H and O–H groups in total. The molecule has 2 aromatic carbocycles. The lowest BCUT2D eigenvalue weighted by Crippen LogP contribution is -2.58. The molecule has 19 nitrogen and oxygen atoms in total. The molecule has 1 fully saturated rings. The van der Waals surface area contributed by atoms with Gasteiger partial charge in [-0.2, -0.15) is 18.3 Å². The number of rotatable bonds is 19. The number of likely N-dealkylation sites (tertiary alicyclic amines) is 1. The van der Waals surface area contributed by atoms with Gasteiger partial charge in [0.05, 0.1) is 34.5 Å². The first-order chi connectivity index (χ1) is 31.6. The van der Waals surface area contributed by atoms with Crippen molar-refractivity contribution < 1.29 is 55.3 Å². The summed E-state index contributed by atoms with van der Waals surface area (Å²) in [6.07, 6.45) is -4.43. The number of carbonyl (C=O) groups excluding carboxylic acids is 4. The van der Waals surface area contributed by atoms with E-state index < -0.39 is 75.8 Å². The highest BCUT2D eigenvalue weighted by molar-refractivity contribution is 7.92. The summed E-state index contributed by atoms with van der Waals surface area (Å²) in [6.45, 7) is 6.82. The first-order valence-electron chi connectivity index (χ1n) is 20.6. The number of anilines is 3. The summed E-state index contributed by atoms with van der Waals surface area (Å²) in [6, 6.07) is 13.9. The van der Waals surface area contributed by atoms with E-state index in [1.54, 1.807) is 43.7 Å². The number of carbonyl (C=O) groups is 4. The molecule has 6 rings (SSSR count). The third-order valence-electron chi connectivity index (χ3n) is 10.2. The lowest BCUT2D eigenvalue weighted by Gasteiger charge is -2.35. The molecule has 4 amide bonds. The number of β-amino-alcohol motifs (C(OH)–C–C–N with tert-alkyl or cyclic N) is 1. The summed E-state index contributed by atoms with van der Waals surface area (Å²) >= 11 is 1.54. The number of aliphatic hydroxyl groups excluding tert-OH is 1. The lowest BCUT2D eigenvalue weighted by atomic mass is 9.85. The number of nitrogens with one attached hydrogen (secondary N) is 5. The number of thiazole rings is 1. The van der Waals surface area contributed by atoms with Crippen LogP contribution in [0.2, 0.25) is 0 Å². The molecule has 4 heterocycles. The number of benzene rings is 2. The van der Waals surface area contributed by atoms with Crippen molar-refractivity contribution in [3.8, 4) is 27.6 Å². The van der Waals surface area contributed by atoms with Crippen molar-refractivity contribution in [2.24, 2.45) is 11.1 Å². The molecule has 1 saturated heterocycles. The molecule has 1 aliphatic heterocycles. The molecule has 0 bridgehead atoms. The fourth-order valence-corrected chi connectivity index (χ4v) is 8.88. The molecule has 1 aliphatic rings. The summed E-state index contributed by atoms with van der Waals surface area (Å²) in [4.78, 5) is 63.8. The number of hydrogen-bond acceptors (Lipinski definition) is 14. The van der Waals surface area contributed by atoms with Crippen LogP contribution in [-0.4, -0.2) is 119 Å². The van der Waals surface area contributed by atoms with Crippen molar-refractivity contribution >= 4 is 62.2 Å². The molecule has 3 atom stereocenters. The summed E-state index contributed by atoms with van der Waals surface area (Å²) in [5.74, 6) is -4.36. The number of primary amides is 1. The second-order valence-electron chi connectivity index (χ2n) is 16.6. The van der Waals surface area contributed by atoms with E-state index in [4.69, 9.17) is 15.2 Å². The molecule has 358 valence electrons. The Bertz CT molecular complexity index is 2670. The molecule has 24 heteroatoms. The second-order valence-corrected chi connectivity index (χ2v) is 19.2. The van der Waals surface area contributed by atoms with E-state index in [0.717, 1.165) is 21.7 Å². The van der Waals surface area contributed by atoms with E-state index in [9.17, 15) is 45.9 Å². The van der Waals surface area contributed by atoms with Crippen LogP contribution >= 0.6 is 11.3 Å². The molecular weight excluding hydrogens is 922 g/mol. The van der Waals surface area contributed by atoms with Crippen molar-refractivity contribution in [1.29, 1.82) is 0 Å². The highest BCUT2D eigenvalue weighted by Crippen LogP contribution is 2.32. The molecule has 1 unspecified atom stereocenters. The Labute approximate surface area is 387 Å². The first-order valence-corrected chi connectivity index (χ1v) is 23.1. The van der Waals surface area contributed by atoms with Crippen molar-refractivity contribution in [1.82, 2.24) is 35.7 Å². The van der Waals surface area contributed by atoms with Gasteiger partial charge in [-0.05, 0) is 41.7 Å². The number of sulfonamides is 1. The molecule has 0 spiro atoms. The van der Waals surface area contributed by atoms with E-state index in [1.165, 1.54) is 41.4 Å². The number of aryl methyl sites for hydroxylation is 1. The van der Waals surface area contributed by atoms with Gasteiger partial charge in [-0.15, -0.1) is 11.3 Å². The average molecular weight is 971 g/mol. The predicted octanol–water partition coefficient (Wildman–Crippen LogP) is 4.25. The quantitative estimate of drug-likeness (QED) is 0.0571. The standard InChI is InChI=1S/C43H49F3N10O9S2/c1-24-36(66-23-50-24)27-7-5-25(6-8-27)19-49-40(60)31-18-30(57)20-56(31)41(61)37(42(2,3)4)52-32(58)21-64-15-16-65-33-17-29(13-14-48-33)51-39-34(38(47)59)35(53-54-39)26-9-11-28(12-10-26)55-67(62,63)22-43(44,45)46/h5-14,17,23,30-31,37,55,57H,15-16,18-22H2,1-4H3,(H2,47,59)(H,49,60)(H,52,58)(H2,48,51,53,54)/t30-,31+,37?/m1/s1. The number of aromatic nitrogens is 4. The van der Waals surface area contributed by atoms with Gasteiger partial charge in [0.25, 0.3) is 5.91 Å². The Morgan fingerprint density at radius 1 is 1.00 bits per heavy atom. The maximum absolute atomic E-state index is 14.0. The number of halogens is 3. The molecular formula is C43H49F3N10O9S2. The van der Waals surface area contributed by atoms with Gasteiger partial charge < -0.3 is 41.2 Å². The maximum Gasteiger partial charge on any atom is 0.404 e. The largest absolute Gasteiger partial charge is 0.475 e. The number of pyridine rings is 1. The van der Waals surface area contributed by atoms with Crippen LogP contribution < -0.4 is 31.1 Å². The van der Waals surface area contributed by atoms with Crippen molar-refractivity contribution in [3.05, 3.63) is 89.2 Å². The van der Waals surface area contributed by atoms with Gasteiger partial charge in [0.2, 0.25) is 33.6 Å². The fourth-order valence-electron chi connectivity index (χ4n) is 7.07. The van der Waals surface area contributed by atoms with Crippen LogP contribution in [0.3, 0.4) is 0 Å². The van der Waals surface area contributed by atoms with Crippen molar-refractivity contribution in [2.45, 2.75) is 65.0 Å². The van der Waals surface area contributed by atoms with Gasteiger partial charge in [-0.1, -0.05) is 57.2 Å². The van der Waals surface area contributed by atoms with E-state index >= 15 is 0 Å². The number of aromatic amines is 1. The van der Waals surface area contributed by atoms with Crippen molar-refractivity contribution in [2.75, 3.05) is 42.2 Å². The number of nitrogens with two attached hydrogens (primary N) is 1. The zero-order valence-corrected chi connectivity index (χ0v) is 38.3. The second kappa shape index (κ2) is 20.9. The minimum Gasteiger partial charge on any atom is -0.475 e. The molecule has 0 saturated carbocycles. The third kappa shape index (κ3) is 13.5. The Hall–Kier alpha value is -6.63. The smallest absolute Gasteiger partial charge is 0.404 e. The van der Waals surface area contributed by atoms with Crippen LogP contribution in [-0.2, 0) is 35.7 Å². The summed E-state index contributed by atoms with van der Waals surface area (Å²) in [5, 5.41) is 25.9. The average Bonchev–Trinajstić information content (AvgIpc) is 3.99. The normalized spacial score (nSPS) is 15.7. The molecule has 3 aromatic heterocycles. The predicted molar refractivity (Wildman–Crippen MR) is 241 cm³/mol. The van der Waals surface area contributed by atoms with Gasteiger partial charge in [-0.3, -0.25) is 29.0 Å². The van der Waals surface area contributed by atoms with Gasteiger partial charge in [0.1, 0.15) is 30.9 Å². The number of nitrogens with zero attached hydrogens (tertiary/aromatic N) is 4. The summed E-state index contributed by atoms with van der Waals surface area (Å²) in [7, 11) is -4.71. The van der Waals surface area contributed by atoms with Gasteiger partial charge >= 0.3 is 6.18 Å². The number of amides is 4. The highest BCUT2D eigenvalue weighted by atomic mass is 32.2. The van der Waals surface area contributed by atoms with E-state index in [0.29, 0.717) is 11.3 Å². The SMILES string of the molecule is Cc1ncsc1-c1ccc(CNC(=O)[C@@H]2C[C@@H](O)CN2C(=O)C(NC(=O)COCCOc2cc(Nc3n[nH]c(-c4ccc(NS(=O)(=O)CC(F)(F)F)cc4)c3C(N)=O)ccn2)C(C)(C)C)cc1. The number of aliphatic hydroxyl groups is 1. The van der Waals surface area contributed by atoms with Gasteiger partial charge in [0, 0.05) is 48.7 Å². The minimum absolute atomic E-state index is 0.0101. The van der Waals surface area contributed by atoms with Gasteiger partial charge in [-0.25, -0.2) is 18.4 Å². The summed E-state index contributed by atoms with van der Waals surface area (Å²) in [5.41, 5.74) is 10.1. The van der Waals surface area contributed by atoms with E-state index in [-0.39, 0.29) is 61.4 Å². The minimum atomic E-state index is -4.94. The first kappa shape index (κ1) is 49.8. The molecule has 0 aliphatic carbocycles. The van der Waals surface area contributed by atoms with Crippen LogP contribution in [0.4, 0.5) is 30.4 Å². The molecule has 67 heavy (non-hydrogen) atoms. The van der Waals surface area contributed by atoms with Crippen LogP contribution in [0.25, 0.3) is 21.7 Å². The maximum atomic E-state index is 14.0. The summed E-state index contributed by atoms with van der Waals surface area (Å²) < 4.78 is 74.7. The molecule has 0 radical (unpaired) electrons. The molecule has 5 aromatic rings. The van der Waals surface area contributed by atoms with E-state index in [2.05, 4.69) is 36.1 Å². The van der Waals surface area contributed by atoms with Crippen LogP contribution in [0.5, 0.6) is 5.88 Å². The van der Waals surface area contributed by atoms with Crippen LogP contribution in [0.1, 0.15) is 48.8 Å². The topological polar surface area (TPSA) is 273 Å². The zero-order valence-electron chi connectivity index (χ0n) is 36.6. The number of hydrogen-bond donors (Lipinski definition) is 7. The fraction of sp³-hybridized carbons (Fsp3) is 0.372. The van der Waals surface area contributed by atoms with Crippen LogP contribution in [0, 0.1) is 12.3 Å². The number of ether oxygens (including phenoxy) is 2. The Balaban J connectivity index is 0.979. The van der Waals surface area contributed by atoms with Gasteiger partial charge in [0.15, 0.2) is 11.6 Å². The zero-order chi connectivity index (χ0) is 48.7. The Morgan fingerprint density at radius 3 is 2.34 bits per heavy atom. The highest BCUT2D eigenvalue weighted by Gasteiger charge is 2.44. The number of alkyl halides is 3. The van der Waals surface area contributed by atoms with Crippen LogP contribution in [0.15, 0.2) is 72.4 Å². The van der Waals surface area contributed by atoms with E-state index in [1.807, 2.05) is 35.9 Å².